The van der Waals surface area contributed by atoms with E-state index in [1.807, 2.05) is 12.5 Å². The van der Waals surface area contributed by atoms with E-state index in [0.29, 0.717) is 33.2 Å². The molecule has 0 saturated carbocycles. The van der Waals surface area contributed by atoms with Gasteiger partial charge in [-0.2, -0.15) is 4.98 Å². The summed E-state index contributed by atoms with van der Waals surface area (Å²) in [6, 6.07) is 5.17. The van der Waals surface area contributed by atoms with Crippen molar-refractivity contribution in [1.82, 2.24) is 24.9 Å². The third-order valence-corrected chi connectivity index (χ3v) is 4.94. The third kappa shape index (κ3) is 4.60. The summed E-state index contributed by atoms with van der Waals surface area (Å²) in [5, 5.41) is 1.48. The quantitative estimate of drug-likeness (QED) is 0.320. The molecule has 1 atom stereocenters. The number of hydrogen-bond donors (Lipinski definition) is 0. The molecule has 140 valence electrons. The second-order valence-corrected chi connectivity index (χ2v) is 6.97. The van der Waals surface area contributed by atoms with Gasteiger partial charge in [0.15, 0.2) is 16.4 Å². The molecule has 0 fully saturated rings. The van der Waals surface area contributed by atoms with Crippen molar-refractivity contribution in [2.24, 2.45) is 0 Å². The topological polar surface area (TPSA) is 82.9 Å². The largest absolute Gasteiger partial charge is 0.496 e. The molecular formula is C17H16ClN5O2S2. The number of aromatic nitrogens is 5. The van der Waals surface area contributed by atoms with Crippen LogP contribution in [0, 0.1) is 0 Å². The summed E-state index contributed by atoms with van der Waals surface area (Å²) in [5.41, 5.74) is 1.18. The molecule has 0 aliphatic carbocycles. The maximum absolute atomic E-state index is 6.39. The van der Waals surface area contributed by atoms with Gasteiger partial charge in [-0.25, -0.2) is 19.9 Å². The van der Waals surface area contributed by atoms with E-state index in [9.17, 15) is 0 Å². The molecule has 0 aliphatic rings. The lowest BCUT2D eigenvalue weighted by molar-refractivity contribution is 0.223. The van der Waals surface area contributed by atoms with Gasteiger partial charge in [-0.1, -0.05) is 35.1 Å². The summed E-state index contributed by atoms with van der Waals surface area (Å²) >= 11 is 9.25. The standard InChI is InChI=1S/C17H16ClN5O2S2/c1-24-11-5-8-19-15(18)13(11)14(10-4-7-20-16(22-10)26-2)25-12-6-9-21-17(23-12)27-3/h4-9,14H,1-3H3. The smallest absolute Gasteiger partial charge is 0.218 e. The molecule has 27 heavy (non-hydrogen) atoms. The number of halogens is 1. The number of thioether (sulfide) groups is 2. The molecule has 0 spiro atoms. The fraction of sp³-hybridized carbons (Fsp3) is 0.235. The lowest BCUT2D eigenvalue weighted by Gasteiger charge is -2.21. The van der Waals surface area contributed by atoms with Crippen molar-refractivity contribution in [1.29, 1.82) is 0 Å². The molecule has 0 bridgehead atoms. The van der Waals surface area contributed by atoms with Crippen molar-refractivity contribution in [3.05, 3.63) is 53.2 Å². The van der Waals surface area contributed by atoms with Gasteiger partial charge in [-0.15, -0.1) is 0 Å². The second-order valence-electron chi connectivity index (χ2n) is 5.07. The first-order valence-electron chi connectivity index (χ1n) is 7.75. The van der Waals surface area contributed by atoms with Crippen LogP contribution in [0.1, 0.15) is 17.4 Å². The summed E-state index contributed by atoms with van der Waals surface area (Å²) in [7, 11) is 1.57. The van der Waals surface area contributed by atoms with E-state index in [1.54, 1.807) is 43.9 Å². The van der Waals surface area contributed by atoms with Crippen molar-refractivity contribution < 1.29 is 9.47 Å². The zero-order valence-electron chi connectivity index (χ0n) is 14.8. The van der Waals surface area contributed by atoms with Crippen LogP contribution in [0.25, 0.3) is 0 Å². The van der Waals surface area contributed by atoms with Crippen LogP contribution in [0.15, 0.2) is 47.1 Å². The summed E-state index contributed by atoms with van der Waals surface area (Å²) in [5.74, 6) is 0.939. The highest BCUT2D eigenvalue weighted by molar-refractivity contribution is 7.98. The van der Waals surface area contributed by atoms with Gasteiger partial charge in [-0.3, -0.25) is 0 Å². The number of ether oxygens (including phenoxy) is 2. The molecule has 3 rings (SSSR count). The average molecular weight is 422 g/mol. The minimum atomic E-state index is -0.681. The summed E-state index contributed by atoms with van der Waals surface area (Å²) < 4.78 is 11.7. The fourth-order valence-electron chi connectivity index (χ4n) is 2.32. The Morgan fingerprint density at radius 2 is 1.59 bits per heavy atom. The second kappa shape index (κ2) is 9.20. The van der Waals surface area contributed by atoms with Gasteiger partial charge >= 0.3 is 0 Å². The molecule has 0 N–H and O–H groups in total. The highest BCUT2D eigenvalue weighted by Crippen LogP contribution is 2.37. The van der Waals surface area contributed by atoms with Crippen LogP contribution in [0.4, 0.5) is 0 Å². The molecule has 0 amide bonds. The predicted octanol–water partition coefficient (Wildman–Crippen LogP) is 3.94. The minimum absolute atomic E-state index is 0.266. The van der Waals surface area contributed by atoms with Gasteiger partial charge in [0, 0.05) is 24.7 Å². The molecule has 0 aromatic carbocycles. The third-order valence-electron chi connectivity index (χ3n) is 3.52. The van der Waals surface area contributed by atoms with Crippen molar-refractivity contribution in [2.75, 3.05) is 19.6 Å². The zero-order chi connectivity index (χ0) is 19.2. The van der Waals surface area contributed by atoms with Crippen molar-refractivity contribution in [3.63, 3.8) is 0 Å². The monoisotopic (exact) mass is 421 g/mol. The first-order chi connectivity index (χ1) is 13.2. The molecule has 1 unspecified atom stereocenters. The van der Waals surface area contributed by atoms with Crippen LogP contribution in [0.5, 0.6) is 11.6 Å². The normalized spacial score (nSPS) is 11.9. The Kier molecular flexibility index (Phi) is 6.70. The van der Waals surface area contributed by atoms with Crippen LogP contribution in [0.3, 0.4) is 0 Å². The van der Waals surface area contributed by atoms with E-state index < -0.39 is 6.10 Å². The van der Waals surface area contributed by atoms with Crippen molar-refractivity contribution >= 4 is 35.1 Å². The molecule has 0 aliphatic heterocycles. The molecule has 3 heterocycles. The van der Waals surface area contributed by atoms with Crippen LogP contribution in [-0.2, 0) is 0 Å². The first-order valence-corrected chi connectivity index (χ1v) is 10.6. The van der Waals surface area contributed by atoms with Crippen LogP contribution in [-0.4, -0.2) is 44.5 Å². The highest BCUT2D eigenvalue weighted by atomic mass is 35.5. The average Bonchev–Trinajstić information content (AvgIpc) is 2.72. The van der Waals surface area contributed by atoms with Gasteiger partial charge in [0.25, 0.3) is 0 Å². The summed E-state index contributed by atoms with van der Waals surface area (Å²) in [4.78, 5) is 21.5. The number of hydrogen-bond acceptors (Lipinski definition) is 9. The van der Waals surface area contributed by atoms with Crippen LogP contribution < -0.4 is 9.47 Å². The molecule has 3 aromatic heterocycles. The highest BCUT2D eigenvalue weighted by Gasteiger charge is 2.26. The van der Waals surface area contributed by atoms with E-state index in [2.05, 4.69) is 24.9 Å². The number of nitrogens with zero attached hydrogens (tertiary/aromatic N) is 5. The molecule has 0 radical (unpaired) electrons. The van der Waals surface area contributed by atoms with Crippen LogP contribution >= 0.6 is 35.1 Å². The Bertz CT molecular complexity index is 931. The van der Waals surface area contributed by atoms with Gasteiger partial charge in [0.2, 0.25) is 5.88 Å². The Hall–Kier alpha value is -2.10. The Morgan fingerprint density at radius 1 is 0.926 bits per heavy atom. The lowest BCUT2D eigenvalue weighted by atomic mass is 10.1. The molecule has 10 heteroatoms. The predicted molar refractivity (Wildman–Crippen MR) is 106 cm³/mol. The summed E-state index contributed by atoms with van der Waals surface area (Å²) in [6.07, 6.45) is 8.01. The Labute approximate surface area is 170 Å². The van der Waals surface area contributed by atoms with Gasteiger partial charge < -0.3 is 9.47 Å². The van der Waals surface area contributed by atoms with Crippen LogP contribution in [0.2, 0.25) is 5.15 Å². The van der Waals surface area contributed by atoms with E-state index in [-0.39, 0.29) is 5.15 Å². The zero-order valence-corrected chi connectivity index (χ0v) is 17.2. The van der Waals surface area contributed by atoms with Gasteiger partial charge in [0.1, 0.15) is 10.9 Å². The molecule has 7 nitrogen and oxygen atoms in total. The summed E-state index contributed by atoms with van der Waals surface area (Å²) in [6.45, 7) is 0. The SMILES string of the molecule is COc1ccnc(Cl)c1C(Oc1ccnc(SC)n1)c1ccnc(SC)n1. The minimum Gasteiger partial charge on any atom is -0.496 e. The Balaban J connectivity index is 2.11. The number of rotatable bonds is 7. The van der Waals surface area contributed by atoms with Crippen molar-refractivity contribution in [3.8, 4) is 11.6 Å². The van der Waals surface area contributed by atoms with Crippen molar-refractivity contribution in [2.45, 2.75) is 16.4 Å². The maximum atomic E-state index is 6.39. The molecule has 0 saturated heterocycles. The van der Waals surface area contributed by atoms with E-state index in [4.69, 9.17) is 21.1 Å². The number of methoxy groups -OCH3 is 1. The molecule has 3 aromatic rings. The number of pyridine rings is 1. The fourth-order valence-corrected chi connectivity index (χ4v) is 3.28. The van der Waals surface area contributed by atoms with E-state index >= 15 is 0 Å². The van der Waals surface area contributed by atoms with E-state index in [1.165, 1.54) is 23.5 Å². The lowest BCUT2D eigenvalue weighted by Crippen LogP contribution is -2.15. The van der Waals surface area contributed by atoms with Gasteiger partial charge in [-0.05, 0) is 24.6 Å². The molecular weight excluding hydrogens is 406 g/mol. The van der Waals surface area contributed by atoms with Gasteiger partial charge in [0.05, 0.1) is 18.4 Å². The first kappa shape index (κ1) is 19.7. The van der Waals surface area contributed by atoms with E-state index in [0.717, 1.165) is 0 Å². The maximum Gasteiger partial charge on any atom is 0.218 e. The Morgan fingerprint density at radius 3 is 2.30 bits per heavy atom.